The number of methoxy groups -OCH3 is 2. The minimum Gasteiger partial charge on any atom is -0.493 e. The summed E-state index contributed by atoms with van der Waals surface area (Å²) in [7, 11) is 3.08. The van der Waals surface area contributed by atoms with Crippen LogP contribution in [0.5, 0.6) is 11.5 Å². The summed E-state index contributed by atoms with van der Waals surface area (Å²) in [5, 5.41) is 7.30. The SMILES string of the molecule is COc1ccc(CC(=O)N/N=C(\C)CC(=O)Nc2ccc(Cl)cc2)cc1OC. The number of carbonyl (C=O) groups is 2. The number of hydrazone groups is 1. The number of rotatable bonds is 8. The second kappa shape index (κ2) is 10.3. The molecule has 2 aromatic carbocycles. The molecule has 0 aromatic heterocycles. The molecule has 0 aliphatic carbocycles. The highest BCUT2D eigenvalue weighted by atomic mass is 35.5. The van der Waals surface area contributed by atoms with E-state index in [1.165, 1.54) is 7.11 Å². The van der Waals surface area contributed by atoms with Gasteiger partial charge in [-0.25, -0.2) is 5.43 Å². The number of nitrogens with zero attached hydrogens (tertiary/aromatic N) is 1. The van der Waals surface area contributed by atoms with Gasteiger partial charge in [-0.2, -0.15) is 5.10 Å². The van der Waals surface area contributed by atoms with E-state index in [2.05, 4.69) is 15.8 Å². The third kappa shape index (κ3) is 6.59. The van der Waals surface area contributed by atoms with Crippen LogP contribution < -0.4 is 20.2 Å². The lowest BCUT2D eigenvalue weighted by molar-refractivity contribution is -0.120. The molecule has 2 rings (SSSR count). The number of amides is 2. The van der Waals surface area contributed by atoms with Crippen LogP contribution in [-0.2, 0) is 16.0 Å². The van der Waals surface area contributed by atoms with Gasteiger partial charge >= 0.3 is 0 Å². The lowest BCUT2D eigenvalue weighted by Crippen LogP contribution is -2.22. The maximum atomic E-state index is 12.1. The third-order valence-electron chi connectivity index (χ3n) is 3.73. The average molecular weight is 404 g/mol. The van der Waals surface area contributed by atoms with Crippen molar-refractivity contribution in [2.75, 3.05) is 19.5 Å². The molecule has 0 saturated carbocycles. The minimum atomic E-state index is -0.301. The largest absolute Gasteiger partial charge is 0.493 e. The fourth-order valence-corrected chi connectivity index (χ4v) is 2.51. The Labute approximate surface area is 168 Å². The number of nitrogens with one attached hydrogen (secondary N) is 2. The van der Waals surface area contributed by atoms with Crippen LogP contribution in [0.15, 0.2) is 47.6 Å². The van der Waals surface area contributed by atoms with Crippen molar-refractivity contribution in [3.63, 3.8) is 0 Å². The van der Waals surface area contributed by atoms with Gasteiger partial charge in [0.15, 0.2) is 11.5 Å². The molecule has 0 fully saturated rings. The second-order valence-electron chi connectivity index (χ2n) is 5.98. The van der Waals surface area contributed by atoms with Crippen LogP contribution >= 0.6 is 11.6 Å². The van der Waals surface area contributed by atoms with Crippen molar-refractivity contribution in [1.82, 2.24) is 5.43 Å². The second-order valence-corrected chi connectivity index (χ2v) is 6.42. The molecule has 0 spiro atoms. The molecule has 28 heavy (non-hydrogen) atoms. The minimum absolute atomic E-state index is 0.0548. The predicted octanol–water partition coefficient (Wildman–Crippen LogP) is 3.42. The third-order valence-corrected chi connectivity index (χ3v) is 3.98. The van der Waals surface area contributed by atoms with Crippen LogP contribution in [0, 0.1) is 0 Å². The van der Waals surface area contributed by atoms with E-state index >= 15 is 0 Å². The van der Waals surface area contributed by atoms with Crippen molar-refractivity contribution in [3.8, 4) is 11.5 Å². The zero-order valence-electron chi connectivity index (χ0n) is 15.9. The number of halogens is 1. The van der Waals surface area contributed by atoms with Gasteiger partial charge in [0.2, 0.25) is 11.8 Å². The van der Waals surface area contributed by atoms with Crippen LogP contribution in [0.25, 0.3) is 0 Å². The van der Waals surface area contributed by atoms with Gasteiger partial charge in [-0.15, -0.1) is 0 Å². The summed E-state index contributed by atoms with van der Waals surface area (Å²) in [6, 6.07) is 12.0. The van der Waals surface area contributed by atoms with Gasteiger partial charge < -0.3 is 14.8 Å². The van der Waals surface area contributed by atoms with Crippen molar-refractivity contribution in [3.05, 3.63) is 53.1 Å². The topological polar surface area (TPSA) is 89.0 Å². The summed E-state index contributed by atoms with van der Waals surface area (Å²) in [5.41, 5.74) is 4.32. The Morgan fingerprint density at radius 3 is 2.32 bits per heavy atom. The average Bonchev–Trinajstić information content (AvgIpc) is 2.68. The molecular formula is C20H22ClN3O4. The van der Waals surface area contributed by atoms with Gasteiger partial charge in [0.25, 0.3) is 0 Å². The quantitative estimate of drug-likeness (QED) is 0.522. The summed E-state index contributed by atoms with van der Waals surface area (Å²) in [6.45, 7) is 1.66. The van der Waals surface area contributed by atoms with Crippen molar-refractivity contribution in [1.29, 1.82) is 0 Å². The number of anilines is 1. The standard InChI is InChI=1S/C20H22ClN3O4/c1-13(10-19(25)22-16-7-5-15(21)6-8-16)23-24-20(26)12-14-4-9-17(27-2)18(11-14)28-3/h4-9,11H,10,12H2,1-3H3,(H,22,25)(H,24,26)/b23-13+. The molecule has 2 aromatic rings. The maximum Gasteiger partial charge on any atom is 0.244 e. The maximum absolute atomic E-state index is 12.1. The van der Waals surface area contributed by atoms with Crippen molar-refractivity contribution in [2.45, 2.75) is 19.8 Å². The summed E-state index contributed by atoms with van der Waals surface area (Å²) < 4.78 is 10.4. The van der Waals surface area contributed by atoms with E-state index < -0.39 is 0 Å². The highest BCUT2D eigenvalue weighted by Crippen LogP contribution is 2.27. The first kappa shape index (κ1) is 21.2. The molecule has 0 saturated heterocycles. The van der Waals surface area contributed by atoms with Gasteiger partial charge in [-0.1, -0.05) is 17.7 Å². The molecule has 0 bridgehead atoms. The zero-order valence-corrected chi connectivity index (χ0v) is 16.7. The molecule has 7 nitrogen and oxygen atoms in total. The number of ether oxygens (including phenoxy) is 2. The van der Waals surface area contributed by atoms with Crippen LogP contribution in [0.3, 0.4) is 0 Å². The lowest BCUT2D eigenvalue weighted by Gasteiger charge is -2.09. The normalized spacial score (nSPS) is 10.9. The molecule has 0 aliphatic heterocycles. The number of hydrogen-bond donors (Lipinski definition) is 2. The van der Waals surface area contributed by atoms with Gasteiger partial charge in [0.1, 0.15) is 0 Å². The Balaban J connectivity index is 1.85. The molecule has 2 amide bonds. The highest BCUT2D eigenvalue weighted by Gasteiger charge is 2.09. The molecule has 0 unspecified atom stereocenters. The van der Waals surface area contributed by atoms with Crippen LogP contribution in [0.2, 0.25) is 5.02 Å². The van der Waals surface area contributed by atoms with E-state index in [0.29, 0.717) is 27.9 Å². The Hall–Kier alpha value is -3.06. The Morgan fingerprint density at radius 2 is 1.68 bits per heavy atom. The first-order valence-corrected chi connectivity index (χ1v) is 8.87. The molecular weight excluding hydrogens is 382 g/mol. The van der Waals surface area contributed by atoms with E-state index in [9.17, 15) is 9.59 Å². The van der Waals surface area contributed by atoms with Gasteiger partial charge in [0, 0.05) is 16.4 Å². The van der Waals surface area contributed by atoms with Crippen LogP contribution in [0.1, 0.15) is 18.9 Å². The molecule has 0 heterocycles. The molecule has 0 aliphatic rings. The van der Waals surface area contributed by atoms with Gasteiger partial charge in [0.05, 0.1) is 27.1 Å². The molecule has 148 valence electrons. The Kier molecular flexibility index (Phi) is 7.83. The van der Waals surface area contributed by atoms with Gasteiger partial charge in [-0.05, 0) is 48.9 Å². The first-order valence-electron chi connectivity index (χ1n) is 8.49. The summed E-state index contributed by atoms with van der Waals surface area (Å²) >= 11 is 5.81. The molecule has 2 N–H and O–H groups in total. The highest BCUT2D eigenvalue weighted by molar-refractivity contribution is 6.30. The number of hydrogen-bond acceptors (Lipinski definition) is 5. The lowest BCUT2D eigenvalue weighted by atomic mass is 10.1. The van der Waals surface area contributed by atoms with Crippen molar-refractivity contribution >= 4 is 34.8 Å². The molecule has 0 atom stereocenters. The Bertz CT molecular complexity index is 866. The van der Waals surface area contributed by atoms with Gasteiger partial charge in [-0.3, -0.25) is 9.59 Å². The summed E-state index contributed by atoms with van der Waals surface area (Å²) in [6.07, 6.45) is 0.174. The summed E-state index contributed by atoms with van der Waals surface area (Å²) in [4.78, 5) is 24.1. The van der Waals surface area contributed by atoms with Crippen molar-refractivity contribution < 1.29 is 19.1 Å². The monoisotopic (exact) mass is 403 g/mol. The van der Waals surface area contributed by atoms with E-state index in [-0.39, 0.29) is 24.7 Å². The number of carbonyl (C=O) groups excluding carboxylic acids is 2. The zero-order chi connectivity index (χ0) is 20.5. The number of benzene rings is 2. The molecule has 0 radical (unpaired) electrons. The smallest absolute Gasteiger partial charge is 0.244 e. The van der Waals surface area contributed by atoms with E-state index in [0.717, 1.165) is 5.56 Å². The van der Waals surface area contributed by atoms with E-state index in [1.807, 2.05) is 0 Å². The molecule has 8 heteroatoms. The van der Waals surface area contributed by atoms with Crippen molar-refractivity contribution in [2.24, 2.45) is 5.10 Å². The van der Waals surface area contributed by atoms with E-state index in [1.54, 1.807) is 56.5 Å². The van der Waals surface area contributed by atoms with Crippen LogP contribution in [0.4, 0.5) is 5.69 Å². The predicted molar refractivity (Wildman–Crippen MR) is 109 cm³/mol. The fourth-order valence-electron chi connectivity index (χ4n) is 2.38. The first-order chi connectivity index (χ1) is 13.4. The summed E-state index contributed by atoms with van der Waals surface area (Å²) in [5.74, 6) is 0.598. The van der Waals surface area contributed by atoms with Crippen LogP contribution in [-0.4, -0.2) is 31.7 Å². The fraction of sp³-hybridized carbons (Fsp3) is 0.250. The van der Waals surface area contributed by atoms with E-state index in [4.69, 9.17) is 21.1 Å². The Morgan fingerprint density at radius 1 is 1.00 bits per heavy atom.